The maximum atomic E-state index is 12.5. The van der Waals surface area contributed by atoms with Gasteiger partial charge in [0.15, 0.2) is 0 Å². The van der Waals surface area contributed by atoms with E-state index in [4.69, 9.17) is 4.74 Å². The van der Waals surface area contributed by atoms with Crippen LogP contribution < -0.4 is 5.32 Å². The fourth-order valence-corrected chi connectivity index (χ4v) is 3.14. The smallest absolute Gasteiger partial charge is 0.321 e. The number of nitrogens with one attached hydrogen (secondary N) is 1. The monoisotopic (exact) mass is 338 g/mol. The fraction of sp³-hybridized carbons (Fsp3) is 0.381. The summed E-state index contributed by atoms with van der Waals surface area (Å²) in [7, 11) is 0. The number of benzene rings is 2. The average molecular weight is 338 g/mol. The lowest BCUT2D eigenvalue weighted by Gasteiger charge is -2.32. The number of likely N-dealkylation sites (tertiary alicyclic amines) is 1. The Morgan fingerprint density at radius 3 is 2.68 bits per heavy atom. The molecule has 1 fully saturated rings. The number of amides is 2. The lowest BCUT2D eigenvalue weighted by atomic mass is 9.99. The minimum absolute atomic E-state index is 0.0170. The summed E-state index contributed by atoms with van der Waals surface area (Å²) in [5.41, 5.74) is 3.22. The van der Waals surface area contributed by atoms with Gasteiger partial charge in [-0.05, 0) is 37.5 Å². The molecule has 1 heterocycles. The van der Waals surface area contributed by atoms with Crippen LogP contribution in [0.3, 0.4) is 0 Å². The van der Waals surface area contributed by atoms with Crippen molar-refractivity contribution in [3.8, 4) is 0 Å². The number of aryl methyl sites for hydroxylation is 1. The molecule has 1 N–H and O–H groups in total. The summed E-state index contributed by atoms with van der Waals surface area (Å²) in [4.78, 5) is 14.4. The number of rotatable bonds is 5. The van der Waals surface area contributed by atoms with Crippen LogP contribution in [0, 0.1) is 12.8 Å². The van der Waals surface area contributed by atoms with E-state index >= 15 is 0 Å². The van der Waals surface area contributed by atoms with Crippen LogP contribution in [0.4, 0.5) is 10.5 Å². The number of carbonyl (C=O) groups is 1. The van der Waals surface area contributed by atoms with Gasteiger partial charge in [-0.1, -0.05) is 48.0 Å². The van der Waals surface area contributed by atoms with Crippen LogP contribution in [0.15, 0.2) is 54.6 Å². The molecule has 2 aromatic rings. The molecule has 0 aliphatic carbocycles. The Bertz CT molecular complexity index is 670. The molecule has 0 saturated carbocycles. The third kappa shape index (κ3) is 5.33. The first-order valence-corrected chi connectivity index (χ1v) is 8.95. The van der Waals surface area contributed by atoms with E-state index in [0.717, 1.165) is 31.6 Å². The molecule has 0 spiro atoms. The van der Waals surface area contributed by atoms with Crippen LogP contribution in [0.1, 0.15) is 24.0 Å². The van der Waals surface area contributed by atoms with Crippen LogP contribution in [0.2, 0.25) is 0 Å². The van der Waals surface area contributed by atoms with Crippen LogP contribution in [-0.2, 0) is 11.3 Å². The first-order valence-electron chi connectivity index (χ1n) is 8.95. The highest BCUT2D eigenvalue weighted by atomic mass is 16.5. The van der Waals surface area contributed by atoms with Gasteiger partial charge in [-0.3, -0.25) is 0 Å². The molecule has 0 aromatic heterocycles. The van der Waals surface area contributed by atoms with Gasteiger partial charge in [0.05, 0.1) is 13.2 Å². The van der Waals surface area contributed by atoms with E-state index in [1.54, 1.807) is 0 Å². The van der Waals surface area contributed by atoms with E-state index in [1.807, 2.05) is 54.3 Å². The molecular formula is C21H26N2O2. The van der Waals surface area contributed by atoms with Crippen LogP contribution in [0.5, 0.6) is 0 Å². The first kappa shape index (κ1) is 17.5. The standard InChI is InChI=1S/C21H26N2O2/c1-17-9-11-20(12-10-17)22-21(24)23-13-5-8-19(14-23)16-25-15-18-6-3-2-4-7-18/h2-4,6-7,9-12,19H,5,8,13-16H2,1H3,(H,22,24). The summed E-state index contributed by atoms with van der Waals surface area (Å²) in [5, 5.41) is 2.99. The summed E-state index contributed by atoms with van der Waals surface area (Å²) in [6.07, 6.45) is 2.14. The predicted molar refractivity (Wildman–Crippen MR) is 101 cm³/mol. The van der Waals surface area contributed by atoms with Crippen molar-refractivity contribution >= 4 is 11.7 Å². The second-order valence-corrected chi connectivity index (χ2v) is 6.75. The Kier molecular flexibility index (Phi) is 6.07. The number of anilines is 1. The molecule has 1 unspecified atom stereocenters. The van der Waals surface area contributed by atoms with E-state index in [0.29, 0.717) is 19.1 Å². The normalized spacial score (nSPS) is 17.3. The van der Waals surface area contributed by atoms with Crippen molar-refractivity contribution in [1.82, 2.24) is 4.90 Å². The van der Waals surface area contributed by atoms with Gasteiger partial charge in [0.2, 0.25) is 0 Å². The van der Waals surface area contributed by atoms with Gasteiger partial charge in [-0.25, -0.2) is 4.79 Å². The first-order chi connectivity index (χ1) is 12.2. The number of hydrogen-bond donors (Lipinski definition) is 1. The third-order valence-corrected chi connectivity index (χ3v) is 4.57. The number of urea groups is 1. The highest BCUT2D eigenvalue weighted by Crippen LogP contribution is 2.19. The maximum Gasteiger partial charge on any atom is 0.321 e. The van der Waals surface area contributed by atoms with Gasteiger partial charge in [0.25, 0.3) is 0 Å². The van der Waals surface area contributed by atoms with Crippen molar-refractivity contribution in [3.63, 3.8) is 0 Å². The molecule has 132 valence electrons. The van der Waals surface area contributed by atoms with Crippen LogP contribution >= 0.6 is 0 Å². The molecule has 1 atom stereocenters. The Balaban J connectivity index is 1.45. The molecule has 1 aliphatic rings. The highest BCUT2D eigenvalue weighted by Gasteiger charge is 2.23. The zero-order valence-corrected chi connectivity index (χ0v) is 14.8. The summed E-state index contributed by atoms with van der Waals surface area (Å²) >= 11 is 0. The maximum absolute atomic E-state index is 12.5. The van der Waals surface area contributed by atoms with E-state index < -0.39 is 0 Å². The molecule has 0 bridgehead atoms. The minimum atomic E-state index is -0.0170. The third-order valence-electron chi connectivity index (χ3n) is 4.57. The summed E-state index contributed by atoms with van der Waals surface area (Å²) in [5.74, 6) is 0.404. The topological polar surface area (TPSA) is 41.6 Å². The number of carbonyl (C=O) groups excluding carboxylic acids is 1. The number of nitrogens with zero attached hydrogens (tertiary/aromatic N) is 1. The van der Waals surface area contributed by atoms with Crippen molar-refractivity contribution in [2.24, 2.45) is 5.92 Å². The van der Waals surface area contributed by atoms with E-state index in [1.165, 1.54) is 11.1 Å². The quantitative estimate of drug-likeness (QED) is 0.875. The molecule has 2 amide bonds. The molecule has 25 heavy (non-hydrogen) atoms. The second-order valence-electron chi connectivity index (χ2n) is 6.75. The number of ether oxygens (including phenoxy) is 1. The van der Waals surface area contributed by atoms with E-state index in [9.17, 15) is 4.79 Å². The summed E-state index contributed by atoms with van der Waals surface area (Å²) < 4.78 is 5.86. The molecule has 4 heteroatoms. The van der Waals surface area contributed by atoms with Crippen molar-refractivity contribution in [3.05, 3.63) is 65.7 Å². The van der Waals surface area contributed by atoms with Crippen LogP contribution in [0.25, 0.3) is 0 Å². The molecule has 1 aliphatic heterocycles. The number of hydrogen-bond acceptors (Lipinski definition) is 2. The molecule has 1 saturated heterocycles. The Hall–Kier alpha value is -2.33. The van der Waals surface area contributed by atoms with Crippen molar-refractivity contribution in [2.75, 3.05) is 25.0 Å². The Morgan fingerprint density at radius 2 is 1.92 bits per heavy atom. The minimum Gasteiger partial charge on any atom is -0.376 e. The highest BCUT2D eigenvalue weighted by molar-refractivity contribution is 5.89. The van der Waals surface area contributed by atoms with E-state index in [-0.39, 0.29) is 6.03 Å². The molecule has 4 nitrogen and oxygen atoms in total. The van der Waals surface area contributed by atoms with Gasteiger partial charge in [-0.15, -0.1) is 0 Å². The largest absolute Gasteiger partial charge is 0.376 e. The number of piperidine rings is 1. The second kappa shape index (κ2) is 8.67. The lowest BCUT2D eigenvalue weighted by Crippen LogP contribution is -2.43. The zero-order valence-electron chi connectivity index (χ0n) is 14.8. The fourth-order valence-electron chi connectivity index (χ4n) is 3.14. The SMILES string of the molecule is Cc1ccc(NC(=O)N2CCCC(COCc3ccccc3)C2)cc1. The summed E-state index contributed by atoms with van der Waals surface area (Å²) in [6, 6.07) is 18.1. The lowest BCUT2D eigenvalue weighted by molar-refractivity contribution is 0.0606. The van der Waals surface area contributed by atoms with Crippen molar-refractivity contribution < 1.29 is 9.53 Å². The Labute approximate surface area is 149 Å². The zero-order chi connectivity index (χ0) is 17.5. The molecular weight excluding hydrogens is 312 g/mol. The molecule has 0 radical (unpaired) electrons. The predicted octanol–water partition coefficient (Wildman–Crippen LogP) is 4.46. The summed E-state index contributed by atoms with van der Waals surface area (Å²) in [6.45, 7) is 4.94. The Morgan fingerprint density at radius 1 is 1.16 bits per heavy atom. The molecule has 2 aromatic carbocycles. The van der Waals surface area contributed by atoms with Gasteiger partial charge in [0, 0.05) is 24.7 Å². The van der Waals surface area contributed by atoms with Gasteiger partial charge in [-0.2, -0.15) is 0 Å². The van der Waals surface area contributed by atoms with Gasteiger partial charge >= 0.3 is 6.03 Å². The van der Waals surface area contributed by atoms with E-state index in [2.05, 4.69) is 17.4 Å². The van der Waals surface area contributed by atoms with Crippen molar-refractivity contribution in [1.29, 1.82) is 0 Å². The van der Waals surface area contributed by atoms with Crippen LogP contribution in [-0.4, -0.2) is 30.6 Å². The molecule has 3 rings (SSSR count). The van der Waals surface area contributed by atoms with Crippen molar-refractivity contribution in [2.45, 2.75) is 26.4 Å². The van der Waals surface area contributed by atoms with Gasteiger partial charge < -0.3 is 15.0 Å². The average Bonchev–Trinajstić information content (AvgIpc) is 2.65. The van der Waals surface area contributed by atoms with Gasteiger partial charge in [0.1, 0.15) is 0 Å².